The van der Waals surface area contributed by atoms with Crippen LogP contribution in [0.4, 0.5) is 0 Å². The van der Waals surface area contributed by atoms with E-state index in [4.69, 9.17) is 0 Å². The number of pyridine rings is 1. The van der Waals surface area contributed by atoms with E-state index in [0.29, 0.717) is 17.9 Å². The lowest BCUT2D eigenvalue weighted by molar-refractivity contribution is 0.0569. The zero-order valence-electron chi connectivity index (χ0n) is 15.1. The van der Waals surface area contributed by atoms with Crippen molar-refractivity contribution in [3.63, 3.8) is 0 Å². The average molecular weight is 367 g/mol. The summed E-state index contributed by atoms with van der Waals surface area (Å²) in [6.45, 7) is 2.46. The minimum atomic E-state index is -0.0828. The fourth-order valence-electron chi connectivity index (χ4n) is 3.39. The van der Waals surface area contributed by atoms with Crippen molar-refractivity contribution >= 4 is 5.91 Å². The van der Waals surface area contributed by atoms with E-state index in [-0.39, 0.29) is 11.9 Å². The van der Waals surface area contributed by atoms with Gasteiger partial charge in [-0.1, -0.05) is 0 Å². The molecule has 4 rings (SSSR count). The van der Waals surface area contributed by atoms with Crippen LogP contribution < -0.4 is 0 Å². The summed E-state index contributed by atoms with van der Waals surface area (Å²) in [7, 11) is 2.11. The van der Waals surface area contributed by atoms with Gasteiger partial charge in [0.05, 0.1) is 6.20 Å². The fraction of sp³-hybridized carbons (Fsp3) is 0.412. The Kier molecular flexibility index (Phi) is 4.88. The Labute approximate surface area is 156 Å². The number of hydrogen-bond acceptors (Lipinski definition) is 7. The highest BCUT2D eigenvalue weighted by Gasteiger charge is 2.30. The first-order valence-corrected chi connectivity index (χ1v) is 8.87. The van der Waals surface area contributed by atoms with Gasteiger partial charge in [0.25, 0.3) is 5.91 Å². The van der Waals surface area contributed by atoms with Crippen LogP contribution in [0.5, 0.6) is 0 Å². The standard InChI is InChI=1S/C17H21N9O/c1-24-8-4-14(5-9-24)25(11-13-2-6-18-7-3-13)17(27)15-10-19-21-16(15)26-12-20-22-23-26/h2-3,6-7,10,12,14H,4-5,8-9,11H2,1H3,(H,19,21). The van der Waals surface area contributed by atoms with Crippen LogP contribution in [-0.4, -0.2) is 77.3 Å². The number of nitrogens with one attached hydrogen (secondary N) is 1. The molecule has 140 valence electrons. The SMILES string of the molecule is CN1CCC(N(Cc2ccncc2)C(=O)c2cn[nH]c2-n2cnnn2)CC1. The Morgan fingerprint density at radius 2 is 2.07 bits per heavy atom. The van der Waals surface area contributed by atoms with Gasteiger partial charge >= 0.3 is 0 Å². The summed E-state index contributed by atoms with van der Waals surface area (Å²) in [4.78, 5) is 21.7. The minimum absolute atomic E-state index is 0.0828. The third-order valence-electron chi connectivity index (χ3n) is 4.92. The molecule has 0 aromatic carbocycles. The van der Waals surface area contributed by atoms with Crippen LogP contribution in [0.3, 0.4) is 0 Å². The smallest absolute Gasteiger partial charge is 0.259 e. The van der Waals surface area contributed by atoms with Crippen LogP contribution >= 0.6 is 0 Å². The number of tetrazole rings is 1. The summed E-state index contributed by atoms with van der Waals surface area (Å²) in [5.74, 6) is 0.387. The molecule has 1 aliphatic rings. The first kappa shape index (κ1) is 17.3. The van der Waals surface area contributed by atoms with E-state index in [9.17, 15) is 4.79 Å². The van der Waals surface area contributed by atoms with E-state index < -0.39 is 0 Å². The number of aromatic amines is 1. The van der Waals surface area contributed by atoms with Gasteiger partial charge < -0.3 is 9.80 Å². The molecule has 1 saturated heterocycles. The van der Waals surface area contributed by atoms with Gasteiger partial charge in [0.15, 0.2) is 5.82 Å². The van der Waals surface area contributed by atoms with Crippen LogP contribution in [-0.2, 0) is 6.54 Å². The van der Waals surface area contributed by atoms with Gasteiger partial charge in [0.1, 0.15) is 11.9 Å². The molecule has 3 aromatic heterocycles. The second-order valence-electron chi connectivity index (χ2n) is 6.71. The van der Waals surface area contributed by atoms with E-state index in [0.717, 1.165) is 31.5 Å². The first-order valence-electron chi connectivity index (χ1n) is 8.87. The van der Waals surface area contributed by atoms with E-state index in [2.05, 4.69) is 42.7 Å². The molecular formula is C17H21N9O. The number of amides is 1. The number of piperidine rings is 1. The Morgan fingerprint density at radius 3 is 2.78 bits per heavy atom. The predicted molar refractivity (Wildman–Crippen MR) is 95.9 cm³/mol. The molecule has 1 aliphatic heterocycles. The molecule has 4 heterocycles. The van der Waals surface area contributed by atoms with Crippen LogP contribution in [0.1, 0.15) is 28.8 Å². The summed E-state index contributed by atoms with van der Waals surface area (Å²) < 4.78 is 1.42. The second-order valence-corrected chi connectivity index (χ2v) is 6.71. The molecule has 0 aliphatic carbocycles. The Morgan fingerprint density at radius 1 is 1.30 bits per heavy atom. The Bertz CT molecular complexity index is 869. The number of H-pyrrole nitrogens is 1. The topological polar surface area (TPSA) is 109 Å². The van der Waals surface area contributed by atoms with Crippen LogP contribution in [0.2, 0.25) is 0 Å². The lowest BCUT2D eigenvalue weighted by Gasteiger charge is -2.37. The number of likely N-dealkylation sites (tertiary alicyclic amines) is 1. The van der Waals surface area contributed by atoms with E-state index >= 15 is 0 Å². The minimum Gasteiger partial charge on any atom is -0.331 e. The van der Waals surface area contributed by atoms with Crippen molar-refractivity contribution < 1.29 is 4.79 Å². The van der Waals surface area contributed by atoms with Crippen molar-refractivity contribution in [2.24, 2.45) is 0 Å². The van der Waals surface area contributed by atoms with Crippen LogP contribution in [0.25, 0.3) is 5.82 Å². The third kappa shape index (κ3) is 3.70. The maximum Gasteiger partial charge on any atom is 0.259 e. The van der Waals surface area contributed by atoms with Gasteiger partial charge in [-0.15, -0.1) is 5.10 Å². The van der Waals surface area contributed by atoms with Crippen molar-refractivity contribution in [1.82, 2.24) is 45.2 Å². The first-order chi connectivity index (χ1) is 13.2. The number of aromatic nitrogens is 7. The molecule has 1 N–H and O–H groups in total. The number of hydrogen-bond donors (Lipinski definition) is 1. The van der Waals surface area contributed by atoms with Gasteiger partial charge in [-0.05, 0) is 61.1 Å². The number of carbonyl (C=O) groups excluding carboxylic acids is 1. The van der Waals surface area contributed by atoms with Gasteiger partial charge in [0, 0.05) is 25.0 Å². The van der Waals surface area contributed by atoms with Crippen molar-refractivity contribution in [3.8, 4) is 5.82 Å². The lowest BCUT2D eigenvalue weighted by Crippen LogP contribution is -2.46. The van der Waals surface area contributed by atoms with Crippen molar-refractivity contribution in [2.45, 2.75) is 25.4 Å². The van der Waals surface area contributed by atoms with Gasteiger partial charge in [0.2, 0.25) is 0 Å². The summed E-state index contributed by atoms with van der Waals surface area (Å²) >= 11 is 0. The maximum absolute atomic E-state index is 13.5. The molecule has 1 amide bonds. The fourth-order valence-corrected chi connectivity index (χ4v) is 3.39. The molecule has 27 heavy (non-hydrogen) atoms. The van der Waals surface area contributed by atoms with Gasteiger partial charge in [-0.3, -0.25) is 14.9 Å². The molecule has 0 atom stereocenters. The number of nitrogens with zero attached hydrogens (tertiary/aromatic N) is 8. The molecule has 10 heteroatoms. The average Bonchev–Trinajstić information content (AvgIpc) is 3.38. The second kappa shape index (κ2) is 7.62. The summed E-state index contributed by atoms with van der Waals surface area (Å²) in [5, 5.41) is 18.0. The third-order valence-corrected chi connectivity index (χ3v) is 4.92. The Balaban J connectivity index is 1.64. The van der Waals surface area contributed by atoms with Crippen molar-refractivity contribution in [3.05, 3.63) is 48.2 Å². The normalized spacial score (nSPS) is 15.7. The van der Waals surface area contributed by atoms with Crippen LogP contribution in [0, 0.1) is 0 Å². The quantitative estimate of drug-likeness (QED) is 0.700. The molecule has 3 aromatic rings. The molecule has 0 bridgehead atoms. The van der Waals surface area contributed by atoms with E-state index in [1.165, 1.54) is 17.2 Å². The highest BCUT2D eigenvalue weighted by Crippen LogP contribution is 2.22. The van der Waals surface area contributed by atoms with E-state index in [1.807, 2.05) is 17.0 Å². The van der Waals surface area contributed by atoms with Gasteiger partial charge in [-0.2, -0.15) is 9.78 Å². The monoisotopic (exact) mass is 367 g/mol. The lowest BCUT2D eigenvalue weighted by atomic mass is 10.0. The zero-order valence-corrected chi connectivity index (χ0v) is 15.1. The highest BCUT2D eigenvalue weighted by atomic mass is 16.2. The van der Waals surface area contributed by atoms with Gasteiger partial charge in [-0.25, -0.2) is 0 Å². The molecule has 0 spiro atoms. The molecule has 0 unspecified atom stereocenters. The number of carbonyl (C=O) groups is 1. The molecule has 1 fully saturated rings. The summed E-state index contributed by atoms with van der Waals surface area (Å²) in [6, 6.07) is 4.04. The highest BCUT2D eigenvalue weighted by molar-refractivity contribution is 5.97. The molecule has 0 radical (unpaired) electrons. The molecular weight excluding hydrogens is 346 g/mol. The number of rotatable bonds is 5. The van der Waals surface area contributed by atoms with Crippen LogP contribution in [0.15, 0.2) is 37.1 Å². The van der Waals surface area contributed by atoms with Crippen molar-refractivity contribution in [2.75, 3.05) is 20.1 Å². The molecule has 0 saturated carbocycles. The Hall–Kier alpha value is -3.14. The maximum atomic E-state index is 13.5. The largest absolute Gasteiger partial charge is 0.331 e. The van der Waals surface area contributed by atoms with E-state index in [1.54, 1.807) is 12.4 Å². The summed E-state index contributed by atoms with van der Waals surface area (Å²) in [5.41, 5.74) is 1.50. The summed E-state index contributed by atoms with van der Waals surface area (Å²) in [6.07, 6.45) is 8.34. The predicted octanol–water partition coefficient (Wildman–Crippen LogP) is 0.517. The molecule has 10 nitrogen and oxygen atoms in total. The zero-order chi connectivity index (χ0) is 18.6. The van der Waals surface area contributed by atoms with Crippen molar-refractivity contribution in [1.29, 1.82) is 0 Å².